The number of benzene rings is 14. The molecule has 0 heterocycles. The molecule has 0 atom stereocenters. The Morgan fingerprint density at radius 3 is 1.14 bits per heavy atom. The van der Waals surface area contributed by atoms with Crippen LogP contribution < -0.4 is 10.6 Å². The predicted octanol–water partition coefficient (Wildman–Crippen LogP) is 20.1. The lowest BCUT2D eigenvalue weighted by Crippen LogP contribution is -2.28. The van der Waals surface area contributed by atoms with Crippen molar-refractivity contribution in [1.29, 1.82) is 0 Å². The van der Waals surface area contributed by atoms with E-state index in [0.29, 0.717) is 0 Å². The Morgan fingerprint density at radius 1 is 0.250 bits per heavy atom. The summed E-state index contributed by atoms with van der Waals surface area (Å²) in [7, 11) is 0. The molecule has 16 rings (SSSR count). The molecule has 0 unspecified atom stereocenters. The van der Waals surface area contributed by atoms with Gasteiger partial charge in [0.05, 0.1) is 16.5 Å². The number of nitrogens with one attached hydrogen (secondary N) is 2. The van der Waals surface area contributed by atoms with Crippen LogP contribution in [0.15, 0.2) is 303 Å². The quantitative estimate of drug-likeness (QED) is 0.133. The van der Waals surface area contributed by atoms with Gasteiger partial charge in [-0.05, 0) is 142 Å². The summed E-state index contributed by atoms with van der Waals surface area (Å²) in [5.74, 6) is 0. The first kappa shape index (κ1) is 45.9. The van der Waals surface area contributed by atoms with Gasteiger partial charge in [-0.2, -0.15) is 0 Å². The normalized spacial score (nSPS) is 13.4. The minimum Gasteiger partial charge on any atom is -0.355 e. The summed E-state index contributed by atoms with van der Waals surface area (Å²) in [5.41, 5.74) is 22.8. The molecule has 0 saturated carbocycles. The Hall–Kier alpha value is -10.3. The van der Waals surface area contributed by atoms with E-state index in [1.54, 1.807) is 0 Å². The van der Waals surface area contributed by atoms with Gasteiger partial charge in [0, 0.05) is 38.8 Å². The van der Waals surface area contributed by atoms with Gasteiger partial charge >= 0.3 is 0 Å². The Labute approximate surface area is 466 Å². The number of hydrogen-bond donors (Lipinski definition) is 2. The minimum absolute atomic E-state index is 0.594. The molecule has 2 nitrogen and oxygen atoms in total. The number of para-hydroxylation sites is 2. The molecular weight excluding hydrogens is 965 g/mol. The summed E-state index contributed by atoms with van der Waals surface area (Å²) >= 11 is 0. The molecule has 2 aliphatic carbocycles. The van der Waals surface area contributed by atoms with E-state index in [9.17, 15) is 0 Å². The number of fused-ring (bicyclic) bond motifs is 6. The first-order valence-electron chi connectivity index (χ1n) is 27.8. The number of anilines is 4. The van der Waals surface area contributed by atoms with E-state index in [4.69, 9.17) is 0 Å². The van der Waals surface area contributed by atoms with Gasteiger partial charge in [-0.25, -0.2) is 0 Å². The van der Waals surface area contributed by atoms with Crippen LogP contribution in [0.5, 0.6) is 0 Å². The molecule has 0 aromatic heterocycles. The molecule has 0 bridgehead atoms. The topological polar surface area (TPSA) is 24.1 Å². The Kier molecular flexibility index (Phi) is 10.4. The lowest BCUT2D eigenvalue weighted by Gasteiger charge is -2.35. The molecule has 0 amide bonds. The molecule has 2 N–H and O–H groups in total. The van der Waals surface area contributed by atoms with E-state index >= 15 is 0 Å². The van der Waals surface area contributed by atoms with Gasteiger partial charge in [0.15, 0.2) is 0 Å². The summed E-state index contributed by atoms with van der Waals surface area (Å²) < 4.78 is 0. The molecular formula is C78H52N2. The van der Waals surface area contributed by atoms with Gasteiger partial charge in [0.25, 0.3) is 0 Å². The second-order valence-electron chi connectivity index (χ2n) is 21.5. The van der Waals surface area contributed by atoms with E-state index in [0.717, 1.165) is 44.8 Å². The van der Waals surface area contributed by atoms with Crippen molar-refractivity contribution in [3.8, 4) is 44.5 Å². The van der Waals surface area contributed by atoms with Gasteiger partial charge in [-0.1, -0.05) is 261 Å². The lowest BCUT2D eigenvalue weighted by molar-refractivity contribution is 0.768. The first-order chi connectivity index (χ1) is 39.7. The smallest absolute Gasteiger partial charge is 0.0713 e. The van der Waals surface area contributed by atoms with Gasteiger partial charge in [0.2, 0.25) is 0 Å². The molecule has 0 aliphatic heterocycles. The maximum absolute atomic E-state index is 4.16. The monoisotopic (exact) mass is 1020 g/mol. The number of rotatable bonds is 10. The molecule has 2 aliphatic rings. The highest BCUT2D eigenvalue weighted by molar-refractivity contribution is 6.32. The van der Waals surface area contributed by atoms with Crippen LogP contribution in [0, 0.1) is 0 Å². The summed E-state index contributed by atoms with van der Waals surface area (Å²) in [6.45, 7) is 0. The highest BCUT2D eigenvalue weighted by atomic mass is 14.9. The fourth-order valence-corrected chi connectivity index (χ4v) is 14.4. The van der Waals surface area contributed by atoms with Gasteiger partial charge < -0.3 is 10.6 Å². The van der Waals surface area contributed by atoms with Crippen LogP contribution in [0.3, 0.4) is 0 Å². The minimum atomic E-state index is -0.596. The molecule has 2 heteroatoms. The van der Waals surface area contributed by atoms with E-state index in [1.165, 1.54) is 99.3 Å². The second-order valence-corrected chi connectivity index (χ2v) is 21.5. The van der Waals surface area contributed by atoms with Crippen molar-refractivity contribution in [2.75, 3.05) is 10.6 Å². The predicted molar refractivity (Wildman–Crippen MR) is 335 cm³/mol. The third kappa shape index (κ3) is 6.66. The van der Waals surface area contributed by atoms with Crippen molar-refractivity contribution in [2.24, 2.45) is 0 Å². The summed E-state index contributed by atoms with van der Waals surface area (Å²) in [6, 6.07) is 113. The molecule has 14 aromatic rings. The second kappa shape index (κ2) is 18.2. The Morgan fingerprint density at radius 2 is 0.637 bits per heavy atom. The van der Waals surface area contributed by atoms with Crippen LogP contribution in [-0.4, -0.2) is 0 Å². The Balaban J connectivity index is 1.04. The molecule has 80 heavy (non-hydrogen) atoms. The van der Waals surface area contributed by atoms with Crippen LogP contribution >= 0.6 is 0 Å². The van der Waals surface area contributed by atoms with E-state index < -0.39 is 10.8 Å². The molecule has 374 valence electrons. The fourth-order valence-electron chi connectivity index (χ4n) is 14.4. The SMILES string of the molecule is c1ccc(Nc2ccc3ccc4c(Nc5ccccc5)c(-c5cccc(C6(c7ccccc7)c7ccccc7-c7ccccc76)c5)c(-c5cccc(C6(c7ccccc7)c7ccccc7-c7ccccc76)c5)c5ccc2c3c45)cc1. The summed E-state index contributed by atoms with van der Waals surface area (Å²) in [5, 5.41) is 15.2. The zero-order valence-corrected chi connectivity index (χ0v) is 43.9. The maximum atomic E-state index is 4.16. The third-order valence-corrected chi connectivity index (χ3v) is 17.5. The summed E-state index contributed by atoms with van der Waals surface area (Å²) in [6.07, 6.45) is 0. The van der Waals surface area contributed by atoms with E-state index in [2.05, 4.69) is 314 Å². The Bertz CT molecular complexity index is 4610. The van der Waals surface area contributed by atoms with Crippen molar-refractivity contribution >= 4 is 55.1 Å². The fraction of sp³-hybridized carbons (Fsp3) is 0.0256. The lowest BCUT2D eigenvalue weighted by atomic mass is 9.67. The van der Waals surface area contributed by atoms with Crippen molar-refractivity contribution in [3.05, 3.63) is 348 Å². The van der Waals surface area contributed by atoms with Crippen LogP contribution in [0.1, 0.15) is 44.5 Å². The first-order valence-corrected chi connectivity index (χ1v) is 27.8. The zero-order chi connectivity index (χ0) is 52.8. The van der Waals surface area contributed by atoms with Crippen molar-refractivity contribution in [3.63, 3.8) is 0 Å². The third-order valence-electron chi connectivity index (χ3n) is 17.5. The van der Waals surface area contributed by atoms with E-state index in [-0.39, 0.29) is 0 Å². The van der Waals surface area contributed by atoms with Gasteiger partial charge in [-0.3, -0.25) is 0 Å². The molecule has 0 saturated heterocycles. The highest BCUT2D eigenvalue weighted by Gasteiger charge is 2.47. The van der Waals surface area contributed by atoms with Gasteiger partial charge in [-0.15, -0.1) is 0 Å². The molecule has 0 fully saturated rings. The highest BCUT2D eigenvalue weighted by Crippen LogP contribution is 2.60. The maximum Gasteiger partial charge on any atom is 0.0713 e. The summed E-state index contributed by atoms with van der Waals surface area (Å²) in [4.78, 5) is 0. The largest absolute Gasteiger partial charge is 0.355 e. The van der Waals surface area contributed by atoms with Crippen molar-refractivity contribution in [1.82, 2.24) is 0 Å². The standard InChI is InChI=1S/C78H52N2/c1-5-25-54(26-6-1)77(67-39-17-13-35-60(67)61-36-14-18-40-68(61)77)56-29-21-23-52(49-56)73-65-47-46-64-71(79-58-31-9-3-10-32-58)48-44-51-43-45-66(75(65)72(51)64)76(80-59-33-11-4-12-34-59)74(73)53-24-22-30-57(50-53)78(55-27-7-2-8-28-55)69-41-19-15-37-62(69)63-38-16-20-42-70(63)78/h1-50,79-80H. The molecule has 0 spiro atoms. The van der Waals surface area contributed by atoms with Crippen molar-refractivity contribution in [2.45, 2.75) is 10.8 Å². The average molecular weight is 1020 g/mol. The van der Waals surface area contributed by atoms with Crippen LogP contribution in [0.4, 0.5) is 22.7 Å². The van der Waals surface area contributed by atoms with Crippen molar-refractivity contribution < 1.29 is 0 Å². The van der Waals surface area contributed by atoms with Crippen LogP contribution in [0.2, 0.25) is 0 Å². The zero-order valence-electron chi connectivity index (χ0n) is 43.9. The molecule has 14 aromatic carbocycles. The molecule has 0 radical (unpaired) electrons. The van der Waals surface area contributed by atoms with Crippen LogP contribution in [-0.2, 0) is 10.8 Å². The van der Waals surface area contributed by atoms with E-state index in [1.807, 2.05) is 0 Å². The number of hydrogen-bond acceptors (Lipinski definition) is 2. The van der Waals surface area contributed by atoms with Crippen LogP contribution in [0.25, 0.3) is 76.8 Å². The average Bonchev–Trinajstić information content (AvgIpc) is 4.09. The van der Waals surface area contributed by atoms with Gasteiger partial charge in [0.1, 0.15) is 0 Å².